The number of fused-ring (bicyclic) bond motifs is 3. The van der Waals surface area contributed by atoms with Gasteiger partial charge in [-0.1, -0.05) is 0 Å². The lowest BCUT2D eigenvalue weighted by atomic mass is 9.59. The Labute approximate surface area is 166 Å². The number of piperidine rings is 1. The quantitative estimate of drug-likeness (QED) is 0.624. The number of likely N-dealkylation sites (tertiary alicyclic amines) is 1. The molecule has 0 aromatic heterocycles. The van der Waals surface area contributed by atoms with Gasteiger partial charge in [-0.25, -0.2) is 0 Å². The molecule has 0 bridgehead atoms. The Morgan fingerprint density at radius 3 is 2.60 bits per heavy atom. The molecule has 2 saturated heterocycles. The van der Waals surface area contributed by atoms with Gasteiger partial charge in [0.05, 0.1) is 23.8 Å². The van der Waals surface area contributed by atoms with Crippen molar-refractivity contribution in [1.82, 2.24) is 0 Å². The summed E-state index contributed by atoms with van der Waals surface area (Å²) >= 11 is 15.4. The summed E-state index contributed by atoms with van der Waals surface area (Å²) in [6.07, 6.45) is 7.11. The molecule has 144 valence electrons. The van der Waals surface area contributed by atoms with Crippen molar-refractivity contribution in [3.8, 4) is 0 Å². The SMILES string of the molecule is NC1C(Cl)CC2C(CC(C(O)C[NH+]3CCCCC3)C3SCCC23)C1Cl. The maximum absolute atomic E-state index is 11.1. The van der Waals surface area contributed by atoms with Crippen LogP contribution in [-0.4, -0.2) is 58.6 Å². The lowest BCUT2D eigenvalue weighted by molar-refractivity contribution is -0.908. The number of thioether (sulfide) groups is 1. The normalized spacial score (nSPS) is 49.4. The van der Waals surface area contributed by atoms with E-state index in [4.69, 9.17) is 28.9 Å². The van der Waals surface area contributed by atoms with Crippen LogP contribution < -0.4 is 10.6 Å². The Hall–Kier alpha value is 0.810. The minimum atomic E-state index is -0.194. The fourth-order valence-corrected chi connectivity index (χ4v) is 8.87. The molecule has 9 unspecified atom stereocenters. The van der Waals surface area contributed by atoms with E-state index in [1.807, 2.05) is 0 Å². The van der Waals surface area contributed by atoms with Gasteiger partial charge >= 0.3 is 0 Å². The van der Waals surface area contributed by atoms with Crippen molar-refractivity contribution in [2.24, 2.45) is 29.4 Å². The average Bonchev–Trinajstić information content (AvgIpc) is 3.10. The molecule has 2 aliphatic carbocycles. The first-order valence-electron chi connectivity index (χ1n) is 10.2. The maximum Gasteiger partial charge on any atom is 0.107 e. The van der Waals surface area contributed by atoms with Crippen LogP contribution in [0.5, 0.6) is 0 Å². The highest BCUT2D eigenvalue weighted by molar-refractivity contribution is 8.00. The third-order valence-electron chi connectivity index (χ3n) is 7.49. The fraction of sp³-hybridized carbons (Fsp3) is 1.00. The van der Waals surface area contributed by atoms with Crippen molar-refractivity contribution in [2.45, 2.75) is 66.7 Å². The Morgan fingerprint density at radius 2 is 1.84 bits per heavy atom. The second-order valence-electron chi connectivity index (χ2n) is 8.87. The highest BCUT2D eigenvalue weighted by atomic mass is 35.5. The molecule has 0 amide bonds. The van der Waals surface area contributed by atoms with Crippen LogP contribution >= 0.6 is 35.0 Å². The predicted octanol–water partition coefficient (Wildman–Crippen LogP) is 1.74. The lowest BCUT2D eigenvalue weighted by Gasteiger charge is -2.52. The van der Waals surface area contributed by atoms with E-state index in [0.717, 1.165) is 19.4 Å². The molecular formula is C19H33Cl2N2OS+. The summed E-state index contributed by atoms with van der Waals surface area (Å²) in [6.45, 7) is 3.38. The Bertz CT molecular complexity index is 465. The van der Waals surface area contributed by atoms with E-state index in [9.17, 15) is 5.11 Å². The summed E-state index contributed by atoms with van der Waals surface area (Å²) < 4.78 is 0. The number of nitrogens with one attached hydrogen (secondary N) is 1. The van der Waals surface area contributed by atoms with Crippen LogP contribution in [0.3, 0.4) is 0 Å². The van der Waals surface area contributed by atoms with E-state index in [0.29, 0.717) is 28.9 Å². The predicted molar refractivity (Wildman–Crippen MR) is 107 cm³/mol. The van der Waals surface area contributed by atoms with Crippen LogP contribution in [0.4, 0.5) is 0 Å². The molecule has 4 N–H and O–H groups in total. The zero-order valence-corrected chi connectivity index (χ0v) is 17.3. The van der Waals surface area contributed by atoms with E-state index < -0.39 is 0 Å². The molecular weight excluding hydrogens is 375 g/mol. The summed E-state index contributed by atoms with van der Waals surface area (Å²) in [4.78, 5) is 1.60. The van der Waals surface area contributed by atoms with Crippen molar-refractivity contribution >= 4 is 35.0 Å². The minimum Gasteiger partial charge on any atom is -0.387 e. The van der Waals surface area contributed by atoms with Gasteiger partial charge < -0.3 is 15.7 Å². The number of hydrogen-bond donors (Lipinski definition) is 3. The van der Waals surface area contributed by atoms with Crippen LogP contribution in [0.25, 0.3) is 0 Å². The topological polar surface area (TPSA) is 50.7 Å². The van der Waals surface area contributed by atoms with Crippen molar-refractivity contribution in [3.63, 3.8) is 0 Å². The van der Waals surface area contributed by atoms with Gasteiger partial charge in [-0.2, -0.15) is 11.8 Å². The summed E-state index contributed by atoms with van der Waals surface area (Å²) in [5, 5.41) is 11.7. The van der Waals surface area contributed by atoms with Gasteiger partial charge in [-0.3, -0.25) is 0 Å². The standard InChI is InChI=1S/C19H32Cl2N2OS/c20-15-9-12-11-4-7-25-19(11)14(8-13(12)17(21)18(15)22)16(24)10-23-5-2-1-3-6-23/h11-19,24H,1-10,22H2/p+1. The second kappa shape index (κ2) is 8.05. The van der Waals surface area contributed by atoms with Gasteiger partial charge in [0.1, 0.15) is 12.6 Å². The molecule has 2 heterocycles. The third-order valence-corrected chi connectivity index (χ3v) is 10.1. The molecule has 4 fully saturated rings. The number of alkyl halides is 2. The molecule has 6 heteroatoms. The highest BCUT2D eigenvalue weighted by Crippen LogP contribution is 2.56. The zero-order valence-electron chi connectivity index (χ0n) is 15.0. The van der Waals surface area contributed by atoms with Gasteiger partial charge in [-0.05, 0) is 62.0 Å². The molecule has 0 aromatic rings. The highest BCUT2D eigenvalue weighted by Gasteiger charge is 2.54. The number of halogens is 2. The number of rotatable bonds is 3. The van der Waals surface area contributed by atoms with Crippen LogP contribution in [0.1, 0.15) is 38.5 Å². The first-order valence-corrected chi connectivity index (χ1v) is 12.2. The molecule has 0 aromatic carbocycles. The fourth-order valence-electron chi connectivity index (χ4n) is 6.16. The van der Waals surface area contributed by atoms with Crippen molar-refractivity contribution < 1.29 is 10.0 Å². The van der Waals surface area contributed by atoms with Crippen LogP contribution in [0.2, 0.25) is 0 Å². The average molecular weight is 408 g/mol. The molecule has 4 rings (SSSR count). The smallest absolute Gasteiger partial charge is 0.107 e. The monoisotopic (exact) mass is 407 g/mol. The van der Waals surface area contributed by atoms with Gasteiger partial charge in [0.15, 0.2) is 0 Å². The zero-order chi connectivity index (χ0) is 17.6. The molecule has 2 saturated carbocycles. The summed E-state index contributed by atoms with van der Waals surface area (Å²) in [6, 6.07) is -0.110. The molecule has 9 atom stereocenters. The number of quaternary nitrogens is 1. The summed E-state index contributed by atoms with van der Waals surface area (Å²) in [5.41, 5.74) is 6.30. The van der Waals surface area contributed by atoms with Gasteiger partial charge in [0.25, 0.3) is 0 Å². The number of aliphatic hydroxyl groups excluding tert-OH is 1. The van der Waals surface area contributed by atoms with E-state index in [1.54, 1.807) is 4.90 Å². The van der Waals surface area contributed by atoms with Crippen molar-refractivity contribution in [2.75, 3.05) is 25.4 Å². The number of aliphatic hydroxyl groups is 1. The molecule has 2 aliphatic heterocycles. The van der Waals surface area contributed by atoms with Gasteiger partial charge in [-0.15, -0.1) is 23.2 Å². The van der Waals surface area contributed by atoms with Crippen molar-refractivity contribution in [3.05, 3.63) is 0 Å². The maximum atomic E-state index is 11.1. The first kappa shape index (κ1) is 19.1. The van der Waals surface area contributed by atoms with E-state index in [1.165, 1.54) is 44.5 Å². The van der Waals surface area contributed by atoms with E-state index >= 15 is 0 Å². The lowest BCUT2D eigenvalue weighted by Crippen LogP contribution is -3.14. The number of nitrogens with two attached hydrogens (primary N) is 1. The first-order chi connectivity index (χ1) is 12.1. The third kappa shape index (κ3) is 3.73. The van der Waals surface area contributed by atoms with Crippen molar-refractivity contribution in [1.29, 1.82) is 0 Å². The summed E-state index contributed by atoms with van der Waals surface area (Å²) in [5.74, 6) is 3.33. The van der Waals surface area contributed by atoms with Gasteiger partial charge in [0.2, 0.25) is 0 Å². The molecule has 0 radical (unpaired) electrons. The van der Waals surface area contributed by atoms with E-state index in [-0.39, 0.29) is 22.9 Å². The molecule has 25 heavy (non-hydrogen) atoms. The largest absolute Gasteiger partial charge is 0.387 e. The Balaban J connectivity index is 1.48. The Kier molecular flexibility index (Phi) is 6.16. The van der Waals surface area contributed by atoms with Crippen LogP contribution in [0.15, 0.2) is 0 Å². The second-order valence-corrected chi connectivity index (χ2v) is 11.2. The molecule has 0 spiro atoms. The van der Waals surface area contributed by atoms with Crippen LogP contribution in [0, 0.1) is 23.7 Å². The van der Waals surface area contributed by atoms with Crippen LogP contribution in [-0.2, 0) is 0 Å². The minimum absolute atomic E-state index is 0.00858. The summed E-state index contributed by atoms with van der Waals surface area (Å²) in [7, 11) is 0. The molecule has 4 aliphatic rings. The van der Waals surface area contributed by atoms with E-state index in [2.05, 4.69) is 11.8 Å². The van der Waals surface area contributed by atoms with Gasteiger partial charge in [0, 0.05) is 17.2 Å². The number of hydrogen-bond acceptors (Lipinski definition) is 3. The molecule has 3 nitrogen and oxygen atoms in total. The Morgan fingerprint density at radius 1 is 1.08 bits per heavy atom.